The minimum absolute atomic E-state index is 0.121. The molecule has 39 heavy (non-hydrogen) atoms. The van der Waals surface area contributed by atoms with E-state index >= 15 is 0 Å². The van der Waals surface area contributed by atoms with Gasteiger partial charge < -0.3 is 15.4 Å². The number of urea groups is 1. The van der Waals surface area contributed by atoms with Crippen molar-refractivity contribution in [1.82, 2.24) is 4.90 Å². The SMILES string of the molecule is COc1ccc(C2(C)CCCCC2)cc1NC(=O)Nc1ccc(C#CCN2CCC(=O)CC2)c2ccccc12. The van der Waals surface area contributed by atoms with Crippen LogP contribution in [0.4, 0.5) is 16.2 Å². The van der Waals surface area contributed by atoms with Crippen LogP contribution in [0.15, 0.2) is 54.6 Å². The monoisotopic (exact) mass is 523 g/mol. The molecule has 6 nitrogen and oxygen atoms in total. The van der Waals surface area contributed by atoms with E-state index in [9.17, 15) is 9.59 Å². The third kappa shape index (κ3) is 6.26. The number of likely N-dealkylation sites (tertiary alicyclic amines) is 1. The number of benzene rings is 3. The molecular formula is C33H37N3O3. The highest BCUT2D eigenvalue weighted by atomic mass is 16.5. The lowest BCUT2D eigenvalue weighted by Crippen LogP contribution is -2.33. The molecule has 5 rings (SSSR count). The number of hydrogen-bond donors (Lipinski definition) is 2. The molecule has 0 unspecified atom stereocenters. The molecule has 6 heteroatoms. The first-order valence-electron chi connectivity index (χ1n) is 14.0. The number of nitrogens with zero attached hydrogens (tertiary/aromatic N) is 1. The Kier molecular flexibility index (Phi) is 8.18. The molecule has 0 radical (unpaired) electrons. The molecule has 2 N–H and O–H groups in total. The fourth-order valence-corrected chi connectivity index (χ4v) is 5.80. The maximum Gasteiger partial charge on any atom is 0.323 e. The fourth-order valence-electron chi connectivity index (χ4n) is 5.80. The third-order valence-corrected chi connectivity index (χ3v) is 8.21. The number of carbonyl (C=O) groups is 2. The summed E-state index contributed by atoms with van der Waals surface area (Å²) in [7, 11) is 1.62. The van der Waals surface area contributed by atoms with Gasteiger partial charge in [-0.25, -0.2) is 4.79 Å². The summed E-state index contributed by atoms with van der Waals surface area (Å²) in [6, 6.07) is 17.7. The Morgan fingerprint density at radius 2 is 1.67 bits per heavy atom. The van der Waals surface area contributed by atoms with Gasteiger partial charge in [0, 0.05) is 36.9 Å². The van der Waals surface area contributed by atoms with Crippen molar-refractivity contribution in [2.24, 2.45) is 0 Å². The highest BCUT2D eigenvalue weighted by Crippen LogP contribution is 2.41. The summed E-state index contributed by atoms with van der Waals surface area (Å²) in [5.74, 6) is 7.55. The van der Waals surface area contributed by atoms with E-state index in [-0.39, 0.29) is 11.4 Å². The minimum Gasteiger partial charge on any atom is -0.495 e. The number of piperidine rings is 1. The number of Topliss-reactive ketones (excluding diaryl/α,β-unsaturated/α-hetero) is 1. The quantitative estimate of drug-likeness (QED) is 0.364. The predicted octanol–water partition coefficient (Wildman–Crippen LogP) is 6.73. The summed E-state index contributed by atoms with van der Waals surface area (Å²) in [5, 5.41) is 7.98. The largest absolute Gasteiger partial charge is 0.495 e. The second kappa shape index (κ2) is 11.9. The number of ether oxygens (including phenoxy) is 1. The van der Waals surface area contributed by atoms with E-state index in [1.807, 2.05) is 42.5 Å². The molecule has 1 saturated carbocycles. The maximum atomic E-state index is 13.2. The summed E-state index contributed by atoms with van der Waals surface area (Å²) >= 11 is 0. The van der Waals surface area contributed by atoms with E-state index in [0.717, 1.165) is 48.0 Å². The van der Waals surface area contributed by atoms with Gasteiger partial charge in [0.05, 0.1) is 25.0 Å². The predicted molar refractivity (Wildman–Crippen MR) is 158 cm³/mol. The summed E-state index contributed by atoms with van der Waals surface area (Å²) < 4.78 is 5.57. The molecule has 1 aliphatic carbocycles. The minimum atomic E-state index is -0.317. The van der Waals surface area contributed by atoms with Crippen LogP contribution in [0, 0.1) is 11.8 Å². The van der Waals surface area contributed by atoms with Crippen molar-refractivity contribution in [3.05, 3.63) is 65.7 Å². The Labute approximate surface area is 231 Å². The van der Waals surface area contributed by atoms with Gasteiger partial charge in [0.25, 0.3) is 0 Å². The highest BCUT2D eigenvalue weighted by molar-refractivity contribution is 6.07. The van der Waals surface area contributed by atoms with E-state index in [1.165, 1.54) is 24.8 Å². The van der Waals surface area contributed by atoms with Crippen molar-refractivity contribution in [2.45, 2.75) is 57.3 Å². The number of fused-ring (bicyclic) bond motifs is 1. The van der Waals surface area contributed by atoms with Gasteiger partial charge in [-0.1, -0.05) is 68.4 Å². The number of hydrogen-bond acceptors (Lipinski definition) is 4. The number of methoxy groups -OCH3 is 1. The molecule has 0 bridgehead atoms. The molecule has 0 spiro atoms. The first-order chi connectivity index (χ1) is 18.9. The van der Waals surface area contributed by atoms with Crippen LogP contribution in [0.1, 0.15) is 63.0 Å². The fraction of sp³-hybridized carbons (Fsp3) is 0.394. The first kappa shape index (κ1) is 26.8. The molecule has 1 heterocycles. The summed E-state index contributed by atoms with van der Waals surface area (Å²) in [5.41, 5.74) is 3.67. The zero-order valence-electron chi connectivity index (χ0n) is 22.9. The smallest absolute Gasteiger partial charge is 0.323 e. The Morgan fingerprint density at radius 1 is 0.949 bits per heavy atom. The van der Waals surface area contributed by atoms with Crippen molar-refractivity contribution < 1.29 is 14.3 Å². The highest BCUT2D eigenvalue weighted by Gasteiger charge is 2.29. The molecule has 0 atom stereocenters. The van der Waals surface area contributed by atoms with E-state index < -0.39 is 0 Å². The molecule has 3 aromatic carbocycles. The van der Waals surface area contributed by atoms with E-state index in [4.69, 9.17) is 4.74 Å². The summed E-state index contributed by atoms with van der Waals surface area (Å²) in [4.78, 5) is 26.9. The topological polar surface area (TPSA) is 70.7 Å². The lowest BCUT2D eigenvalue weighted by atomic mass is 9.71. The van der Waals surface area contributed by atoms with Crippen molar-refractivity contribution >= 4 is 34.0 Å². The van der Waals surface area contributed by atoms with Crippen molar-refractivity contribution in [3.63, 3.8) is 0 Å². The van der Waals surface area contributed by atoms with E-state index in [1.54, 1.807) is 7.11 Å². The normalized spacial score (nSPS) is 17.2. The average molecular weight is 524 g/mol. The number of carbonyl (C=O) groups excluding carboxylic acids is 2. The van der Waals surface area contributed by atoms with Gasteiger partial charge in [-0.05, 0) is 53.5 Å². The van der Waals surface area contributed by atoms with Crippen LogP contribution in [0.25, 0.3) is 10.8 Å². The second-order valence-corrected chi connectivity index (χ2v) is 10.9. The van der Waals surface area contributed by atoms with Crippen LogP contribution in [0.3, 0.4) is 0 Å². The summed E-state index contributed by atoms with van der Waals surface area (Å²) in [6.45, 7) is 4.52. The maximum absolute atomic E-state index is 13.2. The summed E-state index contributed by atoms with van der Waals surface area (Å²) in [6.07, 6.45) is 7.30. The molecule has 2 fully saturated rings. The number of anilines is 2. The van der Waals surface area contributed by atoms with Crippen molar-refractivity contribution in [2.75, 3.05) is 37.4 Å². The first-order valence-corrected chi connectivity index (χ1v) is 14.0. The molecule has 0 aromatic heterocycles. The zero-order valence-corrected chi connectivity index (χ0v) is 22.9. The second-order valence-electron chi connectivity index (χ2n) is 10.9. The van der Waals surface area contributed by atoms with Crippen molar-refractivity contribution in [3.8, 4) is 17.6 Å². The van der Waals surface area contributed by atoms with Crippen LogP contribution in [0.2, 0.25) is 0 Å². The Hall–Kier alpha value is -3.82. The standard InChI is InChI=1S/C33H37N3O3/c1-33(18-6-3-7-19-33)25-13-15-31(39-2)30(23-25)35-32(38)34-29-14-12-24(27-10-4-5-11-28(27)29)9-8-20-36-21-16-26(37)17-22-36/h4-5,10-15,23H,3,6-7,16-22H2,1-2H3,(H2,34,35,38). The molecule has 3 aromatic rings. The molecule has 202 valence electrons. The third-order valence-electron chi connectivity index (χ3n) is 8.21. The Morgan fingerprint density at radius 3 is 2.41 bits per heavy atom. The van der Waals surface area contributed by atoms with Crippen LogP contribution in [0.5, 0.6) is 5.75 Å². The van der Waals surface area contributed by atoms with Crippen LogP contribution >= 0.6 is 0 Å². The molecule has 1 aliphatic heterocycles. The molecule has 1 saturated heterocycles. The molecular weight excluding hydrogens is 486 g/mol. The Bertz CT molecular complexity index is 1420. The van der Waals surface area contributed by atoms with Crippen LogP contribution in [-0.2, 0) is 10.2 Å². The average Bonchev–Trinajstić information content (AvgIpc) is 2.95. The van der Waals surface area contributed by atoms with Gasteiger partial charge in [-0.15, -0.1) is 0 Å². The molecule has 2 aliphatic rings. The van der Waals surface area contributed by atoms with Gasteiger partial charge in [0.1, 0.15) is 11.5 Å². The number of amides is 2. The van der Waals surface area contributed by atoms with Gasteiger partial charge in [0.15, 0.2) is 0 Å². The van der Waals surface area contributed by atoms with Crippen LogP contribution in [-0.4, -0.2) is 43.5 Å². The van der Waals surface area contributed by atoms with Gasteiger partial charge >= 0.3 is 6.03 Å². The number of ketones is 1. The van der Waals surface area contributed by atoms with E-state index in [2.05, 4.69) is 46.4 Å². The lowest BCUT2D eigenvalue weighted by molar-refractivity contribution is -0.121. The van der Waals surface area contributed by atoms with Gasteiger partial charge in [-0.3, -0.25) is 9.69 Å². The Balaban J connectivity index is 1.32. The number of rotatable bonds is 5. The lowest BCUT2D eigenvalue weighted by Gasteiger charge is -2.34. The molecule has 2 amide bonds. The number of nitrogens with one attached hydrogen (secondary N) is 2. The van der Waals surface area contributed by atoms with Crippen LogP contribution < -0.4 is 15.4 Å². The van der Waals surface area contributed by atoms with E-state index in [0.29, 0.717) is 36.6 Å². The van der Waals surface area contributed by atoms with Gasteiger partial charge in [0.2, 0.25) is 0 Å². The van der Waals surface area contributed by atoms with Gasteiger partial charge in [-0.2, -0.15) is 0 Å². The zero-order chi connectivity index (χ0) is 27.2. The van der Waals surface area contributed by atoms with Crippen molar-refractivity contribution in [1.29, 1.82) is 0 Å².